The first-order valence-corrected chi connectivity index (χ1v) is 6.38. The van der Waals surface area contributed by atoms with Crippen LogP contribution in [0, 0.1) is 5.82 Å². The number of ether oxygens (including phenoxy) is 2. The molecule has 0 saturated carbocycles. The van der Waals surface area contributed by atoms with Crippen molar-refractivity contribution in [3.63, 3.8) is 0 Å². The van der Waals surface area contributed by atoms with Gasteiger partial charge in [-0.05, 0) is 24.3 Å². The molecule has 21 heavy (non-hydrogen) atoms. The van der Waals surface area contributed by atoms with E-state index in [1.54, 1.807) is 13.2 Å². The second-order valence-electron chi connectivity index (χ2n) is 4.38. The van der Waals surface area contributed by atoms with E-state index in [1.165, 1.54) is 19.2 Å². The molecule has 0 bridgehead atoms. The van der Waals surface area contributed by atoms with Gasteiger partial charge in [0.25, 0.3) is 0 Å². The van der Waals surface area contributed by atoms with Crippen LogP contribution in [0.2, 0.25) is 0 Å². The molecule has 0 aliphatic rings. The average Bonchev–Trinajstić information content (AvgIpc) is 2.53. The summed E-state index contributed by atoms with van der Waals surface area (Å²) in [5, 5.41) is 3.10. The molecule has 0 fully saturated rings. The number of rotatable bonds is 5. The van der Waals surface area contributed by atoms with E-state index in [2.05, 4.69) is 10.1 Å². The van der Waals surface area contributed by atoms with Crippen LogP contribution in [0.15, 0.2) is 42.5 Å². The molecule has 110 valence electrons. The van der Waals surface area contributed by atoms with Crippen molar-refractivity contribution in [3.05, 3.63) is 59.4 Å². The summed E-state index contributed by atoms with van der Waals surface area (Å²) in [5.74, 6) is -0.281. The van der Waals surface area contributed by atoms with Gasteiger partial charge >= 0.3 is 5.97 Å². The molecule has 2 aromatic rings. The lowest BCUT2D eigenvalue weighted by atomic mass is 10.1. The fraction of sp³-hybridized carbons (Fsp3) is 0.188. The highest BCUT2D eigenvalue weighted by atomic mass is 19.1. The van der Waals surface area contributed by atoms with Gasteiger partial charge in [0.15, 0.2) is 0 Å². The molecule has 2 rings (SSSR count). The minimum absolute atomic E-state index is 0.195. The monoisotopic (exact) mass is 289 g/mol. The van der Waals surface area contributed by atoms with Gasteiger partial charge in [0.05, 0.1) is 19.8 Å². The molecule has 0 spiro atoms. The lowest BCUT2D eigenvalue weighted by Crippen LogP contribution is -2.05. The highest BCUT2D eigenvalue weighted by molar-refractivity contribution is 5.89. The van der Waals surface area contributed by atoms with Crippen LogP contribution >= 0.6 is 0 Å². The predicted octanol–water partition coefficient (Wildman–Crippen LogP) is 3.23. The van der Waals surface area contributed by atoms with Crippen LogP contribution in [0.1, 0.15) is 15.9 Å². The molecule has 0 radical (unpaired) electrons. The molecule has 0 unspecified atom stereocenters. The Kier molecular flexibility index (Phi) is 4.77. The van der Waals surface area contributed by atoms with E-state index in [-0.39, 0.29) is 5.56 Å². The van der Waals surface area contributed by atoms with E-state index in [0.29, 0.717) is 12.1 Å². The zero-order valence-corrected chi connectivity index (χ0v) is 11.9. The smallest absolute Gasteiger partial charge is 0.337 e. The molecule has 0 atom stereocenters. The van der Waals surface area contributed by atoms with E-state index < -0.39 is 11.8 Å². The van der Waals surface area contributed by atoms with Crippen molar-refractivity contribution in [2.24, 2.45) is 0 Å². The van der Waals surface area contributed by atoms with Gasteiger partial charge in [-0.2, -0.15) is 0 Å². The van der Waals surface area contributed by atoms with Crippen molar-refractivity contribution in [1.29, 1.82) is 0 Å². The molecule has 5 heteroatoms. The number of esters is 1. The summed E-state index contributed by atoms with van der Waals surface area (Å²) in [6.07, 6.45) is 0. The van der Waals surface area contributed by atoms with E-state index in [4.69, 9.17) is 4.74 Å². The zero-order valence-electron chi connectivity index (χ0n) is 11.9. The van der Waals surface area contributed by atoms with Crippen molar-refractivity contribution in [2.75, 3.05) is 19.5 Å². The Bertz CT molecular complexity index is 643. The molecular weight excluding hydrogens is 273 g/mol. The van der Waals surface area contributed by atoms with Gasteiger partial charge in [-0.25, -0.2) is 9.18 Å². The Morgan fingerprint density at radius 3 is 2.67 bits per heavy atom. The maximum atomic E-state index is 13.9. The summed E-state index contributed by atoms with van der Waals surface area (Å²) in [6.45, 7) is 0.306. The topological polar surface area (TPSA) is 47.6 Å². The fourth-order valence-electron chi connectivity index (χ4n) is 1.87. The van der Waals surface area contributed by atoms with Crippen molar-refractivity contribution < 1.29 is 18.7 Å². The molecule has 0 aliphatic heterocycles. The minimum Gasteiger partial charge on any atom is -0.497 e. The van der Waals surface area contributed by atoms with Gasteiger partial charge < -0.3 is 14.8 Å². The summed E-state index contributed by atoms with van der Waals surface area (Å²) in [5.41, 5.74) is 1.48. The van der Waals surface area contributed by atoms with Gasteiger partial charge in [-0.3, -0.25) is 0 Å². The highest BCUT2D eigenvalue weighted by Gasteiger charge is 2.09. The van der Waals surface area contributed by atoms with Gasteiger partial charge in [0.1, 0.15) is 11.6 Å². The van der Waals surface area contributed by atoms with Gasteiger partial charge in [0, 0.05) is 23.9 Å². The minimum atomic E-state index is -0.554. The third kappa shape index (κ3) is 3.72. The highest BCUT2D eigenvalue weighted by Crippen LogP contribution is 2.18. The molecule has 0 aliphatic carbocycles. The number of anilines is 1. The Balaban J connectivity index is 2.07. The third-order valence-corrected chi connectivity index (χ3v) is 3.03. The Labute approximate surface area is 122 Å². The van der Waals surface area contributed by atoms with E-state index >= 15 is 0 Å². The number of methoxy groups -OCH3 is 2. The maximum Gasteiger partial charge on any atom is 0.337 e. The summed E-state index contributed by atoms with van der Waals surface area (Å²) in [7, 11) is 2.85. The van der Waals surface area contributed by atoms with Crippen LogP contribution in [0.5, 0.6) is 5.75 Å². The first-order chi connectivity index (χ1) is 10.1. The average molecular weight is 289 g/mol. The van der Waals surface area contributed by atoms with Gasteiger partial charge in [-0.1, -0.05) is 12.1 Å². The van der Waals surface area contributed by atoms with E-state index in [1.807, 2.05) is 24.3 Å². The Morgan fingerprint density at radius 1 is 1.19 bits per heavy atom. The van der Waals surface area contributed by atoms with Crippen molar-refractivity contribution in [1.82, 2.24) is 0 Å². The van der Waals surface area contributed by atoms with Gasteiger partial charge in [0.2, 0.25) is 0 Å². The molecule has 0 saturated heterocycles. The molecule has 1 N–H and O–H groups in total. The number of hydrogen-bond acceptors (Lipinski definition) is 4. The van der Waals surface area contributed by atoms with Crippen LogP contribution in [-0.2, 0) is 11.3 Å². The second kappa shape index (κ2) is 6.74. The third-order valence-electron chi connectivity index (χ3n) is 3.03. The van der Waals surface area contributed by atoms with E-state index in [9.17, 15) is 9.18 Å². The maximum absolute atomic E-state index is 13.9. The first kappa shape index (κ1) is 14.8. The van der Waals surface area contributed by atoms with Gasteiger partial charge in [-0.15, -0.1) is 0 Å². The number of carbonyl (C=O) groups excluding carboxylic acids is 1. The lowest BCUT2D eigenvalue weighted by molar-refractivity contribution is 0.0600. The normalized spacial score (nSPS) is 10.0. The number of carbonyl (C=O) groups is 1. The molecule has 0 aromatic heterocycles. The number of nitrogens with one attached hydrogen (secondary N) is 1. The number of halogens is 1. The summed E-state index contributed by atoms with van der Waals surface area (Å²) in [6, 6.07) is 11.6. The summed E-state index contributed by atoms with van der Waals surface area (Å²) in [4.78, 5) is 11.3. The molecule has 4 nitrogen and oxygen atoms in total. The standard InChI is InChI=1S/C16H16FNO3/c1-20-14-5-3-4-13(9-14)18-10-12-7-6-11(8-15(12)17)16(19)21-2/h3-9,18H,10H2,1-2H3. The summed E-state index contributed by atoms with van der Waals surface area (Å²) >= 11 is 0. The number of hydrogen-bond donors (Lipinski definition) is 1. The number of benzene rings is 2. The Hall–Kier alpha value is -2.56. The quantitative estimate of drug-likeness (QED) is 0.858. The van der Waals surface area contributed by atoms with Crippen molar-refractivity contribution in [2.45, 2.75) is 6.54 Å². The Morgan fingerprint density at radius 2 is 2.00 bits per heavy atom. The van der Waals surface area contributed by atoms with Crippen LogP contribution in [0.4, 0.5) is 10.1 Å². The molecule has 2 aromatic carbocycles. The first-order valence-electron chi connectivity index (χ1n) is 6.38. The predicted molar refractivity (Wildman–Crippen MR) is 78.1 cm³/mol. The SMILES string of the molecule is COC(=O)c1ccc(CNc2cccc(OC)c2)c(F)c1. The van der Waals surface area contributed by atoms with Crippen LogP contribution in [-0.4, -0.2) is 20.2 Å². The van der Waals surface area contributed by atoms with E-state index in [0.717, 1.165) is 11.4 Å². The molecule has 0 heterocycles. The summed E-state index contributed by atoms with van der Waals surface area (Å²) < 4.78 is 23.6. The van der Waals surface area contributed by atoms with Crippen LogP contribution < -0.4 is 10.1 Å². The molecule has 0 amide bonds. The van der Waals surface area contributed by atoms with Crippen molar-refractivity contribution in [3.8, 4) is 5.75 Å². The zero-order chi connectivity index (χ0) is 15.2. The van der Waals surface area contributed by atoms with Crippen molar-refractivity contribution >= 4 is 11.7 Å². The lowest BCUT2D eigenvalue weighted by Gasteiger charge is -2.09. The van der Waals surface area contributed by atoms with Crippen LogP contribution in [0.3, 0.4) is 0 Å². The molecular formula is C16H16FNO3. The fourth-order valence-corrected chi connectivity index (χ4v) is 1.87. The van der Waals surface area contributed by atoms with Crippen LogP contribution in [0.25, 0.3) is 0 Å². The second-order valence-corrected chi connectivity index (χ2v) is 4.38. The largest absolute Gasteiger partial charge is 0.497 e.